The normalized spacial score (nSPS) is 21.1. The number of allylic oxidation sites excluding steroid dienone is 3. The van der Waals surface area contributed by atoms with Crippen LogP contribution in [-0.4, -0.2) is 22.0 Å². The third kappa shape index (κ3) is 3.74. The number of hydrogen-bond acceptors (Lipinski definition) is 4. The summed E-state index contributed by atoms with van der Waals surface area (Å²) >= 11 is 0. The maximum Gasteiger partial charge on any atom is 0.197 e. The minimum atomic E-state index is -1.10. The van der Waals surface area contributed by atoms with Gasteiger partial charge in [0.2, 0.25) is 0 Å². The van der Waals surface area contributed by atoms with E-state index in [4.69, 9.17) is 0 Å². The van der Waals surface area contributed by atoms with Crippen molar-refractivity contribution in [2.24, 2.45) is 0 Å². The van der Waals surface area contributed by atoms with E-state index in [2.05, 4.69) is 10.3 Å². The number of benzene rings is 1. The highest BCUT2D eigenvalue weighted by Gasteiger charge is 2.18. The number of carbonyl (C=O) groups excluding carboxylic acids is 1. The van der Waals surface area contributed by atoms with Crippen molar-refractivity contribution in [2.45, 2.75) is 38.7 Å². The zero-order chi connectivity index (χ0) is 20.6. The zero-order valence-corrected chi connectivity index (χ0v) is 16.6. The Morgan fingerprint density at radius 3 is 2.72 bits per heavy atom. The van der Waals surface area contributed by atoms with Gasteiger partial charge in [-0.1, -0.05) is 12.2 Å². The van der Waals surface area contributed by atoms with Crippen molar-refractivity contribution >= 4 is 35.0 Å². The maximum atomic E-state index is 13.2. The summed E-state index contributed by atoms with van der Waals surface area (Å²) in [6.07, 6.45) is 14.3. The number of aldehydes is 1. The Bertz CT molecular complexity index is 1180. The molecule has 1 unspecified atom stereocenters. The van der Waals surface area contributed by atoms with Gasteiger partial charge in [-0.25, -0.2) is 0 Å². The summed E-state index contributed by atoms with van der Waals surface area (Å²) in [5.74, 6) is 0. The van der Waals surface area contributed by atoms with E-state index in [1.165, 1.54) is 0 Å². The molecule has 148 valence electrons. The molecule has 1 aromatic carbocycles. The predicted molar refractivity (Wildman–Crippen MR) is 118 cm³/mol. The molecule has 3 N–H and O–H groups in total. The Hall–Kier alpha value is -3.18. The van der Waals surface area contributed by atoms with Crippen LogP contribution < -0.4 is 10.7 Å². The van der Waals surface area contributed by atoms with Crippen molar-refractivity contribution in [3.05, 3.63) is 74.8 Å². The number of aliphatic hydroxyl groups is 1. The molecule has 29 heavy (non-hydrogen) atoms. The van der Waals surface area contributed by atoms with Crippen LogP contribution in [0.1, 0.15) is 43.0 Å². The number of hydrogen-bond donors (Lipinski definition) is 3. The largest absolute Gasteiger partial charge is 0.382 e. The second-order valence-electron chi connectivity index (χ2n) is 7.84. The monoisotopic (exact) mass is 388 g/mol. The van der Waals surface area contributed by atoms with E-state index >= 15 is 0 Å². The Balaban J connectivity index is 1.83. The predicted octanol–water partition coefficient (Wildman–Crippen LogP) is 4.23. The van der Waals surface area contributed by atoms with E-state index in [-0.39, 0.29) is 5.43 Å². The highest BCUT2D eigenvalue weighted by atomic mass is 16.3. The van der Waals surface area contributed by atoms with Gasteiger partial charge < -0.3 is 15.4 Å². The Morgan fingerprint density at radius 1 is 1.17 bits per heavy atom. The lowest BCUT2D eigenvalue weighted by atomic mass is 10.0. The van der Waals surface area contributed by atoms with Crippen molar-refractivity contribution in [1.82, 2.24) is 4.98 Å². The SMILES string of the molecule is Cc1cc2[nH]c3c(c(=O)c2cc1NC1=CCCCC=C1C=O)C=CC(C)(O)C=C3. The van der Waals surface area contributed by atoms with Crippen molar-refractivity contribution in [3.8, 4) is 0 Å². The summed E-state index contributed by atoms with van der Waals surface area (Å²) in [5.41, 5.74) is 3.91. The third-order valence-electron chi connectivity index (χ3n) is 5.42. The lowest BCUT2D eigenvalue weighted by molar-refractivity contribution is -0.104. The Morgan fingerprint density at radius 2 is 1.93 bits per heavy atom. The number of carbonyl (C=O) groups is 1. The number of aromatic nitrogens is 1. The summed E-state index contributed by atoms with van der Waals surface area (Å²) in [7, 11) is 0. The average molecular weight is 388 g/mol. The van der Waals surface area contributed by atoms with E-state index in [0.717, 1.165) is 48.0 Å². The number of fused-ring (bicyclic) bond motifs is 2. The van der Waals surface area contributed by atoms with Crippen LogP contribution in [0.3, 0.4) is 0 Å². The smallest absolute Gasteiger partial charge is 0.197 e. The molecule has 5 heteroatoms. The molecule has 2 aliphatic carbocycles. The summed E-state index contributed by atoms with van der Waals surface area (Å²) in [6.45, 7) is 3.63. The standard InChI is InChI=1S/C24H24N2O3/c1-15-12-22-18(13-21(15)25-19-7-5-3-4-6-16(19)14-27)23(28)17-8-10-24(2,29)11-9-20(17)26-22/h6-14,25,29H,3-5H2,1-2H3,(H,26,28). The third-order valence-corrected chi connectivity index (χ3v) is 5.42. The van der Waals surface area contributed by atoms with Crippen LogP contribution in [0.5, 0.6) is 0 Å². The number of aryl methyl sites for hydroxylation is 1. The maximum absolute atomic E-state index is 13.2. The average Bonchev–Trinajstić information content (AvgIpc) is 2.99. The second kappa shape index (κ2) is 7.33. The minimum Gasteiger partial charge on any atom is -0.382 e. The van der Waals surface area contributed by atoms with E-state index in [9.17, 15) is 14.7 Å². The van der Waals surface area contributed by atoms with Crippen molar-refractivity contribution in [2.75, 3.05) is 5.32 Å². The first-order valence-corrected chi connectivity index (χ1v) is 9.82. The molecule has 0 radical (unpaired) electrons. The lowest BCUT2D eigenvalue weighted by Gasteiger charge is -2.15. The number of nitrogens with one attached hydrogen (secondary N) is 2. The summed E-state index contributed by atoms with van der Waals surface area (Å²) in [4.78, 5) is 28.0. The van der Waals surface area contributed by atoms with Crippen LogP contribution >= 0.6 is 0 Å². The molecular formula is C24H24N2O3. The molecule has 4 rings (SSSR count). The van der Waals surface area contributed by atoms with Crippen LogP contribution in [0.25, 0.3) is 23.1 Å². The van der Waals surface area contributed by atoms with Crippen LogP contribution in [0.4, 0.5) is 5.69 Å². The molecule has 1 aromatic heterocycles. The molecule has 0 amide bonds. The second-order valence-corrected chi connectivity index (χ2v) is 7.84. The molecule has 0 saturated carbocycles. The van der Waals surface area contributed by atoms with Crippen LogP contribution in [0, 0.1) is 6.92 Å². The van der Waals surface area contributed by atoms with Gasteiger partial charge in [-0.15, -0.1) is 0 Å². The minimum absolute atomic E-state index is 0.101. The first kappa shape index (κ1) is 19.2. The van der Waals surface area contributed by atoms with Gasteiger partial charge in [0, 0.05) is 33.6 Å². The fraction of sp³-hybridized carbons (Fsp3) is 0.250. The number of pyridine rings is 1. The van der Waals surface area contributed by atoms with Crippen LogP contribution in [0.2, 0.25) is 0 Å². The van der Waals surface area contributed by atoms with Gasteiger partial charge in [-0.3, -0.25) is 9.59 Å². The van der Waals surface area contributed by atoms with Gasteiger partial charge >= 0.3 is 0 Å². The van der Waals surface area contributed by atoms with Gasteiger partial charge in [0.1, 0.15) is 0 Å². The summed E-state index contributed by atoms with van der Waals surface area (Å²) in [5, 5.41) is 14.2. The van der Waals surface area contributed by atoms with E-state index in [1.54, 1.807) is 31.2 Å². The molecular weight excluding hydrogens is 364 g/mol. The van der Waals surface area contributed by atoms with Gasteiger partial charge in [0.05, 0.1) is 11.1 Å². The van der Waals surface area contributed by atoms with Crippen molar-refractivity contribution in [1.29, 1.82) is 0 Å². The molecule has 0 saturated heterocycles. The molecule has 2 aliphatic rings. The van der Waals surface area contributed by atoms with Gasteiger partial charge in [-0.05, 0) is 75.1 Å². The zero-order valence-electron chi connectivity index (χ0n) is 16.6. The fourth-order valence-corrected chi connectivity index (χ4v) is 3.70. The number of rotatable bonds is 3. The first-order valence-electron chi connectivity index (χ1n) is 9.82. The Kier molecular flexibility index (Phi) is 4.84. The van der Waals surface area contributed by atoms with E-state index < -0.39 is 5.60 Å². The number of H-pyrrole nitrogens is 1. The molecule has 2 aromatic rings. The number of anilines is 1. The van der Waals surface area contributed by atoms with Crippen LogP contribution in [-0.2, 0) is 4.79 Å². The quantitative estimate of drug-likeness (QED) is 0.687. The summed E-state index contributed by atoms with van der Waals surface area (Å²) in [6, 6.07) is 3.76. The van der Waals surface area contributed by atoms with Gasteiger partial charge in [0.15, 0.2) is 11.7 Å². The van der Waals surface area contributed by atoms with E-state index in [0.29, 0.717) is 22.2 Å². The van der Waals surface area contributed by atoms with E-state index in [1.807, 2.05) is 31.2 Å². The topological polar surface area (TPSA) is 82.2 Å². The van der Waals surface area contributed by atoms with Gasteiger partial charge in [0.25, 0.3) is 0 Å². The molecule has 0 fully saturated rings. The first-order chi connectivity index (χ1) is 13.9. The number of aromatic amines is 1. The summed E-state index contributed by atoms with van der Waals surface area (Å²) < 4.78 is 0. The van der Waals surface area contributed by atoms with Crippen LogP contribution in [0.15, 0.2) is 52.5 Å². The lowest BCUT2D eigenvalue weighted by Crippen LogP contribution is -2.15. The molecule has 0 spiro atoms. The highest BCUT2D eigenvalue weighted by Crippen LogP contribution is 2.27. The molecule has 5 nitrogen and oxygen atoms in total. The van der Waals surface area contributed by atoms with Gasteiger partial charge in [-0.2, -0.15) is 0 Å². The van der Waals surface area contributed by atoms with Crippen molar-refractivity contribution in [3.63, 3.8) is 0 Å². The Labute approximate surface area is 169 Å². The highest BCUT2D eigenvalue weighted by molar-refractivity contribution is 5.89. The molecule has 1 heterocycles. The molecule has 1 atom stereocenters. The fourth-order valence-electron chi connectivity index (χ4n) is 3.70. The molecule has 0 bridgehead atoms. The van der Waals surface area contributed by atoms with Crippen molar-refractivity contribution < 1.29 is 9.90 Å². The molecule has 0 aliphatic heterocycles.